The van der Waals surface area contributed by atoms with Crippen LogP contribution >= 0.6 is 0 Å². The van der Waals surface area contributed by atoms with Crippen LogP contribution in [0.4, 0.5) is 0 Å². The molecule has 0 aromatic heterocycles. The number of rotatable bonds is 4. The summed E-state index contributed by atoms with van der Waals surface area (Å²) in [6.07, 6.45) is 3.80. The van der Waals surface area contributed by atoms with E-state index in [0.29, 0.717) is 24.2 Å². The van der Waals surface area contributed by atoms with Crippen LogP contribution in [0.15, 0.2) is 0 Å². The molecule has 2 N–H and O–H groups in total. The van der Waals surface area contributed by atoms with Crippen LogP contribution in [0.2, 0.25) is 0 Å². The van der Waals surface area contributed by atoms with Gasteiger partial charge < -0.3 is 10.5 Å². The lowest BCUT2D eigenvalue weighted by Crippen LogP contribution is -2.39. The smallest absolute Gasteiger partial charge is 0.307 e. The molecule has 3 unspecified atom stereocenters. The molecular weight excluding hydrogens is 226 g/mol. The van der Waals surface area contributed by atoms with Gasteiger partial charge in [0.15, 0.2) is 0 Å². The largest absolute Gasteiger partial charge is 0.462 e. The van der Waals surface area contributed by atoms with E-state index >= 15 is 0 Å². The minimum absolute atomic E-state index is 0.0867. The Morgan fingerprint density at radius 2 is 2.00 bits per heavy atom. The molecule has 0 aliphatic heterocycles. The first-order valence-corrected chi connectivity index (χ1v) is 7.17. The third-order valence-corrected chi connectivity index (χ3v) is 3.84. The van der Waals surface area contributed by atoms with Gasteiger partial charge in [0.05, 0.1) is 6.42 Å². The SMILES string of the molecule is CC1CCC(C(C)C)C(OC(=O)CC(C)(C)N)C1. The van der Waals surface area contributed by atoms with E-state index in [0.717, 1.165) is 6.42 Å². The molecular formula is C15H29NO2. The van der Waals surface area contributed by atoms with Crippen molar-refractivity contribution in [3.8, 4) is 0 Å². The molecule has 3 heteroatoms. The molecule has 1 fully saturated rings. The van der Waals surface area contributed by atoms with Crippen LogP contribution in [0, 0.1) is 17.8 Å². The fraction of sp³-hybridized carbons (Fsp3) is 0.933. The maximum Gasteiger partial charge on any atom is 0.307 e. The highest BCUT2D eigenvalue weighted by Crippen LogP contribution is 2.35. The van der Waals surface area contributed by atoms with Crippen molar-refractivity contribution in [3.05, 3.63) is 0 Å². The van der Waals surface area contributed by atoms with Crippen molar-refractivity contribution in [1.29, 1.82) is 0 Å². The fourth-order valence-electron chi connectivity index (χ4n) is 2.83. The van der Waals surface area contributed by atoms with Crippen LogP contribution in [0.5, 0.6) is 0 Å². The Labute approximate surface area is 111 Å². The van der Waals surface area contributed by atoms with Crippen molar-refractivity contribution in [2.75, 3.05) is 0 Å². The average molecular weight is 255 g/mol. The van der Waals surface area contributed by atoms with E-state index in [-0.39, 0.29) is 12.1 Å². The summed E-state index contributed by atoms with van der Waals surface area (Å²) in [4.78, 5) is 11.9. The Morgan fingerprint density at radius 1 is 1.39 bits per heavy atom. The van der Waals surface area contributed by atoms with Gasteiger partial charge in [0.25, 0.3) is 0 Å². The number of hydrogen-bond acceptors (Lipinski definition) is 3. The Morgan fingerprint density at radius 3 is 2.50 bits per heavy atom. The van der Waals surface area contributed by atoms with Gasteiger partial charge in [-0.15, -0.1) is 0 Å². The highest BCUT2D eigenvalue weighted by atomic mass is 16.5. The zero-order valence-electron chi connectivity index (χ0n) is 12.5. The lowest BCUT2D eigenvalue weighted by molar-refractivity contribution is -0.157. The van der Waals surface area contributed by atoms with Crippen LogP contribution in [-0.2, 0) is 9.53 Å². The third-order valence-electron chi connectivity index (χ3n) is 3.84. The van der Waals surface area contributed by atoms with E-state index < -0.39 is 5.54 Å². The molecule has 3 nitrogen and oxygen atoms in total. The van der Waals surface area contributed by atoms with Crippen LogP contribution in [0.25, 0.3) is 0 Å². The summed E-state index contributed by atoms with van der Waals surface area (Å²) >= 11 is 0. The van der Waals surface area contributed by atoms with Gasteiger partial charge >= 0.3 is 5.97 Å². The highest BCUT2D eigenvalue weighted by molar-refractivity contribution is 5.71. The predicted molar refractivity (Wildman–Crippen MR) is 74.1 cm³/mol. The average Bonchev–Trinajstić information content (AvgIpc) is 2.13. The molecule has 1 aliphatic rings. The molecule has 0 spiro atoms. The van der Waals surface area contributed by atoms with Crippen LogP contribution in [-0.4, -0.2) is 17.6 Å². The summed E-state index contributed by atoms with van der Waals surface area (Å²) in [6.45, 7) is 10.4. The van der Waals surface area contributed by atoms with E-state index in [4.69, 9.17) is 10.5 Å². The lowest BCUT2D eigenvalue weighted by atomic mass is 9.75. The van der Waals surface area contributed by atoms with Gasteiger partial charge in [0.1, 0.15) is 6.10 Å². The van der Waals surface area contributed by atoms with Crippen molar-refractivity contribution in [2.24, 2.45) is 23.5 Å². The summed E-state index contributed by atoms with van der Waals surface area (Å²) in [5.74, 6) is 1.59. The quantitative estimate of drug-likeness (QED) is 0.785. The molecule has 0 bridgehead atoms. The predicted octanol–water partition coefficient (Wildman–Crippen LogP) is 3.12. The van der Waals surface area contributed by atoms with Crippen LogP contribution in [0.1, 0.15) is 60.3 Å². The number of ether oxygens (including phenoxy) is 1. The van der Waals surface area contributed by atoms with Gasteiger partial charge in [0.2, 0.25) is 0 Å². The summed E-state index contributed by atoms with van der Waals surface area (Å²) in [5.41, 5.74) is 5.38. The number of nitrogens with two attached hydrogens (primary N) is 1. The van der Waals surface area contributed by atoms with Gasteiger partial charge in [-0.3, -0.25) is 4.79 Å². The number of carbonyl (C=O) groups is 1. The van der Waals surface area contributed by atoms with Gasteiger partial charge in [-0.25, -0.2) is 0 Å². The summed E-state index contributed by atoms with van der Waals surface area (Å²) < 4.78 is 5.69. The van der Waals surface area contributed by atoms with E-state index in [1.165, 1.54) is 12.8 Å². The van der Waals surface area contributed by atoms with Gasteiger partial charge in [0, 0.05) is 5.54 Å². The third kappa shape index (κ3) is 4.97. The van der Waals surface area contributed by atoms with E-state index in [1.54, 1.807) is 0 Å². The monoisotopic (exact) mass is 255 g/mol. The summed E-state index contributed by atoms with van der Waals surface area (Å²) in [5, 5.41) is 0. The van der Waals surface area contributed by atoms with Crippen molar-refractivity contribution in [3.63, 3.8) is 0 Å². The zero-order chi connectivity index (χ0) is 13.9. The Kier molecular flexibility index (Phi) is 5.20. The van der Waals surface area contributed by atoms with E-state index in [2.05, 4.69) is 20.8 Å². The number of hydrogen-bond donors (Lipinski definition) is 1. The topological polar surface area (TPSA) is 52.3 Å². The molecule has 0 heterocycles. The van der Waals surface area contributed by atoms with Crippen molar-refractivity contribution in [2.45, 2.75) is 71.9 Å². The first-order chi connectivity index (χ1) is 8.19. The van der Waals surface area contributed by atoms with Crippen LogP contribution < -0.4 is 5.73 Å². The molecule has 0 amide bonds. The standard InChI is InChI=1S/C15H29NO2/c1-10(2)12-7-6-11(3)8-13(12)18-14(17)9-15(4,5)16/h10-13H,6-9,16H2,1-5H3. The minimum Gasteiger partial charge on any atom is -0.462 e. The molecule has 1 rings (SSSR count). The summed E-state index contributed by atoms with van der Waals surface area (Å²) in [7, 11) is 0. The molecule has 0 saturated heterocycles. The molecule has 106 valence electrons. The molecule has 0 radical (unpaired) electrons. The second-order valence-corrected chi connectivity index (χ2v) is 7.02. The van der Waals surface area contributed by atoms with Gasteiger partial charge in [-0.1, -0.05) is 27.2 Å². The van der Waals surface area contributed by atoms with Gasteiger partial charge in [-0.05, 0) is 44.4 Å². The van der Waals surface area contributed by atoms with Crippen molar-refractivity contribution >= 4 is 5.97 Å². The molecule has 18 heavy (non-hydrogen) atoms. The number of esters is 1. The normalized spacial score (nSPS) is 29.4. The van der Waals surface area contributed by atoms with Crippen molar-refractivity contribution < 1.29 is 9.53 Å². The van der Waals surface area contributed by atoms with Crippen molar-refractivity contribution in [1.82, 2.24) is 0 Å². The maximum atomic E-state index is 11.9. The first kappa shape index (κ1) is 15.5. The molecule has 3 atom stereocenters. The zero-order valence-corrected chi connectivity index (χ0v) is 12.5. The molecule has 1 saturated carbocycles. The molecule has 1 aliphatic carbocycles. The Hall–Kier alpha value is -0.570. The first-order valence-electron chi connectivity index (χ1n) is 7.17. The minimum atomic E-state index is -0.481. The second kappa shape index (κ2) is 6.05. The van der Waals surface area contributed by atoms with E-state index in [1.807, 2.05) is 13.8 Å². The van der Waals surface area contributed by atoms with E-state index in [9.17, 15) is 4.79 Å². The maximum absolute atomic E-state index is 11.9. The summed E-state index contributed by atoms with van der Waals surface area (Å²) in [6, 6.07) is 0. The molecule has 0 aromatic rings. The highest BCUT2D eigenvalue weighted by Gasteiger charge is 2.33. The van der Waals surface area contributed by atoms with Crippen LogP contribution in [0.3, 0.4) is 0 Å². The fourth-order valence-corrected chi connectivity index (χ4v) is 2.83. The molecule has 0 aromatic carbocycles. The van der Waals surface area contributed by atoms with Gasteiger partial charge in [-0.2, -0.15) is 0 Å². The Balaban J connectivity index is 2.58. The Bertz CT molecular complexity index is 281. The lowest BCUT2D eigenvalue weighted by Gasteiger charge is -2.37. The number of carbonyl (C=O) groups excluding carboxylic acids is 1. The second-order valence-electron chi connectivity index (χ2n) is 7.02.